The third-order valence-electron chi connectivity index (χ3n) is 3.75. The van der Waals surface area contributed by atoms with Crippen molar-refractivity contribution in [3.8, 4) is 11.3 Å². The van der Waals surface area contributed by atoms with Gasteiger partial charge in [-0.15, -0.1) is 0 Å². The lowest BCUT2D eigenvalue weighted by molar-refractivity contribution is 0.238. The van der Waals surface area contributed by atoms with E-state index in [0.29, 0.717) is 6.54 Å². The first-order valence-electron chi connectivity index (χ1n) is 6.76. The van der Waals surface area contributed by atoms with Gasteiger partial charge in [-0.2, -0.15) is 0 Å². The lowest BCUT2D eigenvalue weighted by atomic mass is 9.78. The molecule has 0 atom stereocenters. The summed E-state index contributed by atoms with van der Waals surface area (Å²) in [4.78, 5) is 0. The van der Waals surface area contributed by atoms with Crippen LogP contribution in [0, 0.1) is 0 Å². The second-order valence-corrected chi connectivity index (χ2v) is 5.37. The van der Waals surface area contributed by atoms with Crippen LogP contribution in [0.3, 0.4) is 0 Å². The van der Waals surface area contributed by atoms with E-state index in [4.69, 9.17) is 10.3 Å². The molecule has 0 aliphatic heterocycles. The fraction of sp³-hybridized carbons (Fsp3) is 0.400. The molecule has 0 unspecified atom stereocenters. The Balaban J connectivity index is 1.56. The Bertz CT molecular complexity index is 531. The van der Waals surface area contributed by atoms with Gasteiger partial charge < -0.3 is 15.6 Å². The van der Waals surface area contributed by atoms with Gasteiger partial charge in [0.05, 0.1) is 5.69 Å². The first kappa shape index (κ1) is 12.4. The van der Waals surface area contributed by atoms with Gasteiger partial charge in [-0.05, 0) is 19.3 Å². The van der Waals surface area contributed by atoms with Gasteiger partial charge in [0.2, 0.25) is 0 Å². The van der Waals surface area contributed by atoms with E-state index in [1.165, 1.54) is 6.42 Å². The third kappa shape index (κ3) is 2.85. The average molecular weight is 257 g/mol. The summed E-state index contributed by atoms with van der Waals surface area (Å²) >= 11 is 0. The third-order valence-corrected chi connectivity index (χ3v) is 3.75. The maximum atomic E-state index is 6.16. The minimum Gasteiger partial charge on any atom is -0.356 e. The van der Waals surface area contributed by atoms with Gasteiger partial charge in [0.15, 0.2) is 5.76 Å². The number of nitrogens with zero attached hydrogens (tertiary/aromatic N) is 1. The Morgan fingerprint density at radius 3 is 2.74 bits per heavy atom. The standard InChI is InChI=1S/C15H19N3O/c16-15(7-4-8-15)11-17-10-13-9-14(19-18-13)12-5-2-1-3-6-12/h1-3,5-6,9,17H,4,7-8,10-11,16H2. The van der Waals surface area contributed by atoms with Gasteiger partial charge in [-0.3, -0.25) is 0 Å². The fourth-order valence-corrected chi connectivity index (χ4v) is 2.38. The Hall–Kier alpha value is -1.65. The molecular weight excluding hydrogens is 238 g/mol. The van der Waals surface area contributed by atoms with E-state index in [9.17, 15) is 0 Å². The zero-order chi connectivity index (χ0) is 13.1. The molecule has 4 heteroatoms. The molecule has 1 aliphatic rings. The van der Waals surface area contributed by atoms with Crippen molar-refractivity contribution in [1.29, 1.82) is 0 Å². The molecule has 3 N–H and O–H groups in total. The summed E-state index contributed by atoms with van der Waals surface area (Å²) in [5, 5.41) is 7.44. The molecule has 0 spiro atoms. The monoisotopic (exact) mass is 257 g/mol. The largest absolute Gasteiger partial charge is 0.356 e. The summed E-state index contributed by atoms with van der Waals surface area (Å²) in [6.45, 7) is 1.55. The second kappa shape index (κ2) is 5.15. The minimum atomic E-state index is 0.00595. The molecule has 0 saturated heterocycles. The summed E-state index contributed by atoms with van der Waals surface area (Å²) in [7, 11) is 0. The molecule has 1 fully saturated rings. The van der Waals surface area contributed by atoms with Crippen LogP contribution in [-0.2, 0) is 6.54 Å². The van der Waals surface area contributed by atoms with Gasteiger partial charge in [0, 0.05) is 30.3 Å². The van der Waals surface area contributed by atoms with Crippen LogP contribution in [0.2, 0.25) is 0 Å². The maximum absolute atomic E-state index is 6.16. The quantitative estimate of drug-likeness (QED) is 0.862. The smallest absolute Gasteiger partial charge is 0.167 e. The van der Waals surface area contributed by atoms with Crippen LogP contribution in [-0.4, -0.2) is 17.2 Å². The first-order chi connectivity index (χ1) is 9.25. The number of hydrogen-bond donors (Lipinski definition) is 2. The number of nitrogens with one attached hydrogen (secondary N) is 1. The Morgan fingerprint density at radius 2 is 2.05 bits per heavy atom. The molecule has 0 radical (unpaired) electrons. The van der Waals surface area contributed by atoms with Crippen molar-refractivity contribution in [1.82, 2.24) is 10.5 Å². The van der Waals surface area contributed by atoms with E-state index < -0.39 is 0 Å². The summed E-state index contributed by atoms with van der Waals surface area (Å²) < 4.78 is 5.35. The Kier molecular flexibility index (Phi) is 3.36. The van der Waals surface area contributed by atoms with Crippen LogP contribution in [0.1, 0.15) is 25.0 Å². The van der Waals surface area contributed by atoms with Gasteiger partial charge in [0.25, 0.3) is 0 Å². The highest BCUT2D eigenvalue weighted by Crippen LogP contribution is 2.28. The van der Waals surface area contributed by atoms with Crippen LogP contribution in [0.15, 0.2) is 40.9 Å². The molecule has 1 aliphatic carbocycles. The van der Waals surface area contributed by atoms with E-state index in [2.05, 4.69) is 10.5 Å². The number of hydrogen-bond acceptors (Lipinski definition) is 4. The van der Waals surface area contributed by atoms with Crippen molar-refractivity contribution in [2.24, 2.45) is 5.73 Å². The molecule has 3 rings (SSSR count). The average Bonchev–Trinajstić information content (AvgIpc) is 2.87. The molecule has 100 valence electrons. The molecule has 4 nitrogen and oxygen atoms in total. The van der Waals surface area contributed by atoms with Gasteiger partial charge in [-0.25, -0.2) is 0 Å². The molecule has 1 heterocycles. The van der Waals surface area contributed by atoms with Crippen molar-refractivity contribution in [3.63, 3.8) is 0 Å². The molecule has 1 aromatic heterocycles. The summed E-state index contributed by atoms with van der Waals surface area (Å²) in [5.74, 6) is 0.809. The van der Waals surface area contributed by atoms with Crippen molar-refractivity contribution in [2.75, 3.05) is 6.54 Å². The number of benzene rings is 1. The van der Waals surface area contributed by atoms with Gasteiger partial charge >= 0.3 is 0 Å². The normalized spacial score (nSPS) is 17.1. The highest BCUT2D eigenvalue weighted by molar-refractivity contribution is 5.56. The molecule has 1 aromatic carbocycles. The van der Waals surface area contributed by atoms with Crippen molar-refractivity contribution < 1.29 is 4.52 Å². The number of rotatable bonds is 5. The van der Waals surface area contributed by atoms with Crippen LogP contribution in [0.25, 0.3) is 11.3 Å². The van der Waals surface area contributed by atoms with Crippen molar-refractivity contribution in [2.45, 2.75) is 31.3 Å². The highest BCUT2D eigenvalue weighted by atomic mass is 16.5. The molecule has 1 saturated carbocycles. The maximum Gasteiger partial charge on any atom is 0.167 e. The predicted molar refractivity (Wildman–Crippen MR) is 74.4 cm³/mol. The van der Waals surface area contributed by atoms with E-state index in [0.717, 1.165) is 36.4 Å². The Morgan fingerprint density at radius 1 is 1.26 bits per heavy atom. The molecule has 19 heavy (non-hydrogen) atoms. The lowest BCUT2D eigenvalue weighted by Gasteiger charge is -2.38. The number of nitrogens with two attached hydrogens (primary N) is 1. The molecular formula is C15H19N3O. The second-order valence-electron chi connectivity index (χ2n) is 5.37. The lowest BCUT2D eigenvalue weighted by Crippen LogP contribution is -2.53. The first-order valence-corrected chi connectivity index (χ1v) is 6.76. The minimum absolute atomic E-state index is 0.00595. The SMILES string of the molecule is NC1(CNCc2cc(-c3ccccc3)on2)CCC1. The van der Waals surface area contributed by atoms with E-state index in [-0.39, 0.29) is 5.54 Å². The van der Waals surface area contributed by atoms with Crippen LogP contribution in [0.4, 0.5) is 0 Å². The van der Waals surface area contributed by atoms with E-state index in [1.807, 2.05) is 36.4 Å². The van der Waals surface area contributed by atoms with E-state index in [1.54, 1.807) is 0 Å². The topological polar surface area (TPSA) is 64.1 Å². The number of aromatic nitrogens is 1. The fourth-order valence-electron chi connectivity index (χ4n) is 2.38. The zero-order valence-corrected chi connectivity index (χ0v) is 10.9. The predicted octanol–water partition coefficient (Wildman–Crippen LogP) is 2.31. The van der Waals surface area contributed by atoms with Crippen LogP contribution in [0.5, 0.6) is 0 Å². The summed E-state index contributed by atoms with van der Waals surface area (Å²) in [6, 6.07) is 12.0. The van der Waals surface area contributed by atoms with Crippen molar-refractivity contribution in [3.05, 3.63) is 42.1 Å². The van der Waals surface area contributed by atoms with Crippen molar-refractivity contribution >= 4 is 0 Å². The van der Waals surface area contributed by atoms with Gasteiger partial charge in [0.1, 0.15) is 0 Å². The summed E-state index contributed by atoms with van der Waals surface area (Å²) in [5.41, 5.74) is 8.13. The molecule has 0 amide bonds. The molecule has 0 bridgehead atoms. The zero-order valence-electron chi connectivity index (χ0n) is 10.9. The van der Waals surface area contributed by atoms with Crippen LogP contribution >= 0.6 is 0 Å². The Labute approximate surface area is 113 Å². The highest BCUT2D eigenvalue weighted by Gasteiger charge is 2.31. The summed E-state index contributed by atoms with van der Waals surface area (Å²) in [6.07, 6.45) is 3.49. The van der Waals surface area contributed by atoms with E-state index >= 15 is 0 Å². The van der Waals surface area contributed by atoms with Crippen LogP contribution < -0.4 is 11.1 Å². The van der Waals surface area contributed by atoms with Gasteiger partial charge in [-0.1, -0.05) is 35.5 Å². The molecule has 2 aromatic rings.